The zero-order valence-corrected chi connectivity index (χ0v) is 12.7. The standard InChI is InChI=1S/C10H21IO4S/c1-2-3-4-5-6-7-8-10(11)9-15-16(12,13)14/h10H,2-9H2,1H3,(H,12,13,14). The van der Waals surface area contributed by atoms with Crippen LogP contribution in [0.5, 0.6) is 0 Å². The Labute approximate surface area is 112 Å². The van der Waals surface area contributed by atoms with Crippen molar-refractivity contribution in [1.82, 2.24) is 0 Å². The van der Waals surface area contributed by atoms with Crippen LogP contribution in [0.4, 0.5) is 0 Å². The Balaban J connectivity index is 3.34. The predicted molar refractivity (Wildman–Crippen MR) is 73.3 cm³/mol. The number of alkyl halides is 1. The van der Waals surface area contributed by atoms with Gasteiger partial charge in [0.1, 0.15) is 0 Å². The Morgan fingerprint density at radius 3 is 2.31 bits per heavy atom. The van der Waals surface area contributed by atoms with E-state index in [0.717, 1.165) is 12.8 Å². The molecule has 98 valence electrons. The monoisotopic (exact) mass is 364 g/mol. The first-order chi connectivity index (χ1) is 7.45. The highest BCUT2D eigenvalue weighted by Gasteiger charge is 2.10. The molecule has 0 aliphatic carbocycles. The normalized spacial score (nSPS) is 13.9. The van der Waals surface area contributed by atoms with Gasteiger partial charge in [-0.15, -0.1) is 0 Å². The maximum atomic E-state index is 10.3. The van der Waals surface area contributed by atoms with Crippen molar-refractivity contribution in [3.63, 3.8) is 0 Å². The van der Waals surface area contributed by atoms with Gasteiger partial charge in [-0.25, -0.2) is 4.18 Å². The molecule has 0 rings (SSSR count). The van der Waals surface area contributed by atoms with Crippen molar-refractivity contribution in [2.45, 2.75) is 55.8 Å². The molecule has 1 unspecified atom stereocenters. The molecule has 4 nitrogen and oxygen atoms in total. The van der Waals surface area contributed by atoms with Crippen molar-refractivity contribution in [1.29, 1.82) is 0 Å². The van der Waals surface area contributed by atoms with Crippen LogP contribution in [-0.2, 0) is 14.6 Å². The highest BCUT2D eigenvalue weighted by atomic mass is 127. The average Bonchev–Trinajstić information content (AvgIpc) is 2.19. The summed E-state index contributed by atoms with van der Waals surface area (Å²) in [6, 6.07) is 0. The van der Waals surface area contributed by atoms with Crippen LogP contribution in [0.1, 0.15) is 51.9 Å². The lowest BCUT2D eigenvalue weighted by Gasteiger charge is -2.08. The molecular weight excluding hydrogens is 343 g/mol. The molecule has 0 amide bonds. The predicted octanol–water partition coefficient (Wildman–Crippen LogP) is 3.36. The topological polar surface area (TPSA) is 63.6 Å². The maximum Gasteiger partial charge on any atom is 0.397 e. The highest BCUT2D eigenvalue weighted by Crippen LogP contribution is 2.14. The second-order valence-corrected chi connectivity index (χ2v) is 6.72. The number of hydrogen-bond acceptors (Lipinski definition) is 3. The quantitative estimate of drug-likeness (QED) is 0.279. The number of hydrogen-bond donors (Lipinski definition) is 1. The minimum Gasteiger partial charge on any atom is -0.264 e. The molecule has 0 radical (unpaired) electrons. The Kier molecular flexibility index (Phi) is 9.97. The molecule has 6 heteroatoms. The number of halogens is 1. The molecule has 0 aromatic carbocycles. The molecule has 0 saturated carbocycles. The van der Waals surface area contributed by atoms with Crippen LogP contribution >= 0.6 is 22.6 Å². The average molecular weight is 364 g/mol. The summed E-state index contributed by atoms with van der Waals surface area (Å²) < 4.78 is 33.5. The Morgan fingerprint density at radius 2 is 1.75 bits per heavy atom. The molecular formula is C10H21IO4S. The molecule has 0 saturated heterocycles. The maximum absolute atomic E-state index is 10.3. The van der Waals surface area contributed by atoms with Crippen molar-refractivity contribution in [3.05, 3.63) is 0 Å². The van der Waals surface area contributed by atoms with Gasteiger partial charge >= 0.3 is 10.4 Å². The van der Waals surface area contributed by atoms with Gasteiger partial charge in [-0.05, 0) is 6.42 Å². The van der Waals surface area contributed by atoms with Crippen molar-refractivity contribution in [2.75, 3.05) is 6.61 Å². The van der Waals surface area contributed by atoms with Crippen molar-refractivity contribution in [2.24, 2.45) is 0 Å². The summed E-state index contributed by atoms with van der Waals surface area (Å²) >= 11 is 2.15. The van der Waals surface area contributed by atoms with E-state index in [1.54, 1.807) is 0 Å². The molecule has 0 aromatic rings. The lowest BCUT2D eigenvalue weighted by molar-refractivity contribution is 0.268. The molecule has 0 aliphatic rings. The van der Waals surface area contributed by atoms with Gasteiger partial charge < -0.3 is 0 Å². The van der Waals surface area contributed by atoms with Crippen LogP contribution in [0.2, 0.25) is 0 Å². The van der Waals surface area contributed by atoms with E-state index in [1.807, 2.05) is 0 Å². The van der Waals surface area contributed by atoms with Crippen LogP contribution < -0.4 is 0 Å². The molecule has 0 bridgehead atoms. The molecule has 0 aliphatic heterocycles. The summed E-state index contributed by atoms with van der Waals surface area (Å²) in [7, 11) is -4.27. The first kappa shape index (κ1) is 16.6. The van der Waals surface area contributed by atoms with Crippen LogP contribution in [0, 0.1) is 0 Å². The van der Waals surface area contributed by atoms with E-state index in [2.05, 4.69) is 33.7 Å². The van der Waals surface area contributed by atoms with Crippen molar-refractivity contribution >= 4 is 33.0 Å². The fourth-order valence-corrected chi connectivity index (χ4v) is 2.59. The van der Waals surface area contributed by atoms with Gasteiger partial charge in [0.25, 0.3) is 0 Å². The van der Waals surface area contributed by atoms with Gasteiger partial charge in [-0.1, -0.05) is 68.0 Å². The third-order valence-corrected chi connectivity index (χ3v) is 3.69. The SMILES string of the molecule is CCCCCCCCC(I)COS(=O)(=O)O. The third-order valence-electron chi connectivity index (χ3n) is 2.27. The fourth-order valence-electron chi connectivity index (χ4n) is 1.39. The number of unbranched alkanes of at least 4 members (excludes halogenated alkanes) is 5. The first-order valence-electron chi connectivity index (χ1n) is 5.71. The van der Waals surface area contributed by atoms with Crippen LogP contribution in [-0.4, -0.2) is 23.5 Å². The molecule has 0 aromatic heterocycles. The summed E-state index contributed by atoms with van der Waals surface area (Å²) in [6.07, 6.45) is 8.27. The van der Waals surface area contributed by atoms with E-state index in [4.69, 9.17) is 4.55 Å². The summed E-state index contributed by atoms with van der Waals surface area (Å²) in [5.41, 5.74) is 0. The summed E-state index contributed by atoms with van der Waals surface area (Å²) in [5, 5.41) is 0. The third kappa shape index (κ3) is 12.7. The minimum atomic E-state index is -4.27. The lowest BCUT2D eigenvalue weighted by atomic mass is 10.1. The Hall–Kier alpha value is 0.600. The summed E-state index contributed by atoms with van der Waals surface area (Å²) in [4.78, 5) is 0. The van der Waals surface area contributed by atoms with Gasteiger partial charge in [0.05, 0.1) is 6.61 Å². The Morgan fingerprint density at radius 1 is 1.19 bits per heavy atom. The van der Waals surface area contributed by atoms with E-state index in [0.29, 0.717) is 0 Å². The van der Waals surface area contributed by atoms with Crippen molar-refractivity contribution < 1.29 is 17.2 Å². The second kappa shape index (κ2) is 9.61. The van der Waals surface area contributed by atoms with E-state index in [-0.39, 0.29) is 10.5 Å². The minimum absolute atomic E-state index is 0.0638. The molecule has 16 heavy (non-hydrogen) atoms. The molecule has 1 atom stereocenters. The van der Waals surface area contributed by atoms with Crippen LogP contribution in [0.25, 0.3) is 0 Å². The van der Waals surface area contributed by atoms with Gasteiger partial charge in [0.2, 0.25) is 0 Å². The van der Waals surface area contributed by atoms with E-state index in [9.17, 15) is 8.42 Å². The lowest BCUT2D eigenvalue weighted by Crippen LogP contribution is -2.13. The van der Waals surface area contributed by atoms with Gasteiger partial charge in [-0.3, -0.25) is 4.55 Å². The summed E-state index contributed by atoms with van der Waals surface area (Å²) in [6.45, 7) is 2.25. The first-order valence-corrected chi connectivity index (χ1v) is 8.32. The van der Waals surface area contributed by atoms with Gasteiger partial charge in [0, 0.05) is 3.92 Å². The molecule has 0 spiro atoms. The second-order valence-electron chi connectivity index (χ2n) is 3.87. The van der Waals surface area contributed by atoms with Crippen LogP contribution in [0.15, 0.2) is 0 Å². The van der Waals surface area contributed by atoms with E-state index in [1.165, 1.54) is 32.1 Å². The molecule has 0 fully saturated rings. The highest BCUT2D eigenvalue weighted by molar-refractivity contribution is 14.1. The van der Waals surface area contributed by atoms with Crippen LogP contribution in [0.3, 0.4) is 0 Å². The largest absolute Gasteiger partial charge is 0.397 e. The smallest absolute Gasteiger partial charge is 0.264 e. The van der Waals surface area contributed by atoms with Crippen molar-refractivity contribution in [3.8, 4) is 0 Å². The van der Waals surface area contributed by atoms with E-state index < -0.39 is 10.4 Å². The summed E-state index contributed by atoms with van der Waals surface area (Å²) in [5.74, 6) is 0. The van der Waals surface area contributed by atoms with Gasteiger partial charge in [-0.2, -0.15) is 8.42 Å². The van der Waals surface area contributed by atoms with E-state index >= 15 is 0 Å². The van der Waals surface area contributed by atoms with Gasteiger partial charge in [0.15, 0.2) is 0 Å². The Bertz CT molecular complexity index is 254. The molecule has 0 heterocycles. The fraction of sp³-hybridized carbons (Fsp3) is 1.00. The zero-order valence-electron chi connectivity index (χ0n) is 9.69. The number of rotatable bonds is 10. The molecule has 1 N–H and O–H groups in total. The zero-order chi connectivity index (χ0) is 12.4.